The van der Waals surface area contributed by atoms with Gasteiger partial charge in [0.1, 0.15) is 18.9 Å². The molecule has 3 heterocycles. The molecule has 15 nitrogen and oxygen atoms in total. The van der Waals surface area contributed by atoms with E-state index in [0.29, 0.717) is 42.2 Å². The van der Waals surface area contributed by atoms with E-state index in [1.54, 1.807) is 55.9 Å². The Morgan fingerprint density at radius 1 is 1.19 bits per heavy atom. The summed E-state index contributed by atoms with van der Waals surface area (Å²) in [6, 6.07) is 7.85. The summed E-state index contributed by atoms with van der Waals surface area (Å²) >= 11 is 0. The fraction of sp³-hybridized carbons (Fsp3) is 0.538. The van der Waals surface area contributed by atoms with Gasteiger partial charge in [0.2, 0.25) is 11.8 Å². The number of imidazole rings is 1. The average molecular weight is 614 g/mol. The van der Waals surface area contributed by atoms with Crippen LogP contribution in [0.5, 0.6) is 11.6 Å². The molecule has 4 atom stereocenters. The molecule has 1 aliphatic heterocycles. The number of aromatic nitrogens is 4. The van der Waals surface area contributed by atoms with E-state index in [4.69, 9.17) is 39.5 Å². The van der Waals surface area contributed by atoms with Crippen molar-refractivity contribution >= 4 is 31.2 Å². The molecule has 4 rings (SSSR count). The summed E-state index contributed by atoms with van der Waals surface area (Å²) in [5, 5.41) is 14.8. The third-order valence-corrected chi connectivity index (χ3v) is 7.22. The van der Waals surface area contributed by atoms with Crippen LogP contribution in [-0.2, 0) is 18.8 Å². The van der Waals surface area contributed by atoms with Crippen LogP contribution in [0.25, 0.3) is 11.2 Å². The van der Waals surface area contributed by atoms with Gasteiger partial charge in [-0.05, 0) is 52.7 Å². The van der Waals surface area contributed by atoms with Gasteiger partial charge in [0, 0.05) is 0 Å². The highest BCUT2D eigenvalue weighted by Gasteiger charge is 2.48. The molecule has 1 saturated heterocycles. The first kappa shape index (κ1) is 35.0. The molecule has 0 bridgehead atoms. The van der Waals surface area contributed by atoms with Crippen LogP contribution in [0.1, 0.15) is 60.6 Å². The number of nitrogens with one attached hydrogen (secondary N) is 1. The van der Waals surface area contributed by atoms with E-state index in [0.717, 1.165) is 0 Å². The highest BCUT2D eigenvalue weighted by Crippen LogP contribution is 2.53. The van der Waals surface area contributed by atoms with Crippen molar-refractivity contribution in [2.24, 2.45) is 0 Å². The van der Waals surface area contributed by atoms with E-state index in [2.05, 4.69) is 20.0 Å². The van der Waals surface area contributed by atoms with Gasteiger partial charge in [0.25, 0.3) is 0 Å². The Bertz CT molecular complexity index is 1240. The number of rotatable bonds is 12. The van der Waals surface area contributed by atoms with Crippen molar-refractivity contribution in [3.8, 4) is 11.6 Å². The van der Waals surface area contributed by atoms with Crippen LogP contribution in [0.2, 0.25) is 0 Å². The van der Waals surface area contributed by atoms with Crippen molar-refractivity contribution in [2.75, 3.05) is 18.9 Å². The number of ether oxygens (including phenoxy) is 3. The van der Waals surface area contributed by atoms with E-state index in [1.807, 2.05) is 26.8 Å². The van der Waals surface area contributed by atoms with Crippen molar-refractivity contribution in [2.45, 2.75) is 78.9 Å². The normalized spacial score (nSPS) is 18.2. The Kier molecular flexibility index (Phi) is 14.2. The maximum Gasteiger partial charge on any atom is 0.544 e. The van der Waals surface area contributed by atoms with Gasteiger partial charge in [0.05, 0.1) is 25.1 Å². The molecule has 1 aliphatic rings. The molecule has 0 aliphatic carbocycles. The lowest BCUT2D eigenvalue weighted by atomic mass is 10.2. The van der Waals surface area contributed by atoms with Crippen molar-refractivity contribution in [3.63, 3.8) is 0 Å². The maximum atomic E-state index is 12.4. The molecule has 2 aromatic heterocycles. The predicted octanol–water partition coefficient (Wildman–Crippen LogP) is 4.22. The van der Waals surface area contributed by atoms with Crippen LogP contribution in [0.15, 0.2) is 36.7 Å². The molecule has 0 saturated carbocycles. The molecule has 6 N–H and O–H groups in total. The smallest absolute Gasteiger partial charge is 0.476 e. The Morgan fingerprint density at radius 2 is 1.88 bits per heavy atom. The minimum Gasteiger partial charge on any atom is -0.476 e. The summed E-state index contributed by atoms with van der Waals surface area (Å²) in [6.07, 6.45) is 1.84. The molecular weight excluding hydrogens is 571 g/mol. The van der Waals surface area contributed by atoms with Crippen molar-refractivity contribution in [1.29, 1.82) is 0 Å². The van der Waals surface area contributed by atoms with Gasteiger partial charge in [-0.3, -0.25) is 24.4 Å². The summed E-state index contributed by atoms with van der Waals surface area (Å²) in [5.74, 6) is 0.244. The predicted molar refractivity (Wildman–Crippen MR) is 157 cm³/mol. The monoisotopic (exact) mass is 613 g/mol. The Balaban J connectivity index is 0.00000148. The minimum absolute atomic E-state index is 0.0144. The number of carbonyl (C=O) groups is 1. The lowest BCUT2D eigenvalue weighted by molar-refractivity contribution is -0.176. The molecule has 234 valence electrons. The van der Waals surface area contributed by atoms with Gasteiger partial charge in [-0.25, -0.2) is 4.98 Å². The Morgan fingerprint density at radius 3 is 2.52 bits per heavy atom. The van der Waals surface area contributed by atoms with E-state index in [9.17, 15) is 9.69 Å². The summed E-state index contributed by atoms with van der Waals surface area (Å²) < 4.78 is 30.4. The third-order valence-electron chi connectivity index (χ3n) is 5.55. The number of nitrogens with zero attached hydrogens (tertiary/aromatic N) is 4. The second-order valence-corrected chi connectivity index (χ2v) is 10.7. The highest BCUT2D eigenvalue weighted by molar-refractivity contribution is 7.58. The number of esters is 1. The van der Waals surface area contributed by atoms with Crippen LogP contribution in [0.3, 0.4) is 0 Å². The fourth-order valence-corrected chi connectivity index (χ4v) is 5.45. The second kappa shape index (κ2) is 17.1. The topological polar surface area (TPSA) is 206 Å². The SMILES string of the molecule is CC.CCOc1nc(N)nc2c1ncn2C1CCC(CO[P+](O)(NC(C)C(=O)OC(C)C)Oc2ccccc2)O1.OO. The highest BCUT2D eigenvalue weighted by atomic mass is 31.2. The average Bonchev–Trinajstić information content (AvgIpc) is 3.61. The summed E-state index contributed by atoms with van der Waals surface area (Å²) in [4.78, 5) is 36.5. The van der Waals surface area contributed by atoms with Crippen molar-refractivity contribution in [3.05, 3.63) is 36.7 Å². The van der Waals surface area contributed by atoms with Crippen LogP contribution in [0, 0.1) is 0 Å². The standard InChI is InChI=1S/C24H34N6O7P.C2H6.H2O2/c1-5-33-22-20-21(27-24(25)28-22)30(14-26-20)19-12-11-18(36-19)13-34-38(32,37-17-9-7-6-8-10-17)29-16(4)23(31)35-15(2)3;2*1-2/h6-10,14-16,18-19,29,32H,5,11-13H2,1-4H3,(H2,25,27,28);1-2H3;1-2H/q+1;;. The maximum absolute atomic E-state index is 12.4. The summed E-state index contributed by atoms with van der Waals surface area (Å²) in [5.41, 5.74) is 6.87. The number of fused-ring (bicyclic) bond motifs is 1. The van der Waals surface area contributed by atoms with Gasteiger partial charge in [0.15, 0.2) is 16.9 Å². The lowest BCUT2D eigenvalue weighted by Crippen LogP contribution is -2.39. The zero-order valence-corrected chi connectivity index (χ0v) is 25.6. The molecule has 42 heavy (non-hydrogen) atoms. The van der Waals surface area contributed by atoms with Crippen LogP contribution >= 0.6 is 8.09 Å². The van der Waals surface area contributed by atoms with Gasteiger partial charge >= 0.3 is 14.1 Å². The molecule has 16 heteroatoms. The third kappa shape index (κ3) is 9.70. The number of nitrogen functional groups attached to an aromatic ring is 1. The minimum atomic E-state index is -3.74. The zero-order chi connectivity index (χ0) is 31.3. The molecule has 1 aromatic carbocycles. The quantitative estimate of drug-likeness (QED) is 0.0839. The van der Waals surface area contributed by atoms with E-state index >= 15 is 0 Å². The van der Waals surface area contributed by atoms with Gasteiger partial charge in [-0.2, -0.15) is 19.4 Å². The molecule has 0 radical (unpaired) electrons. The van der Waals surface area contributed by atoms with Crippen LogP contribution in [-0.4, -0.2) is 72.4 Å². The van der Waals surface area contributed by atoms with Crippen molar-refractivity contribution in [1.82, 2.24) is 24.6 Å². The zero-order valence-electron chi connectivity index (χ0n) is 24.7. The number of nitrogens with two attached hydrogens (primary N) is 1. The summed E-state index contributed by atoms with van der Waals surface area (Å²) in [7, 11) is -3.74. The Labute approximate surface area is 245 Å². The van der Waals surface area contributed by atoms with Gasteiger partial charge in [-0.15, -0.1) is 0 Å². The summed E-state index contributed by atoms with van der Waals surface area (Å²) in [6.45, 7) is 11.3. The molecule has 0 spiro atoms. The van der Waals surface area contributed by atoms with E-state index < -0.39 is 20.1 Å². The second-order valence-electron chi connectivity index (χ2n) is 8.99. The number of hydrogen-bond acceptors (Lipinski definition) is 14. The van der Waals surface area contributed by atoms with E-state index in [1.165, 1.54) is 0 Å². The van der Waals surface area contributed by atoms with Crippen LogP contribution < -0.4 is 20.1 Å². The molecule has 3 aromatic rings. The molecule has 1 fully saturated rings. The number of para-hydroxylation sites is 1. The van der Waals surface area contributed by atoms with E-state index in [-0.39, 0.29) is 31.0 Å². The first-order valence-electron chi connectivity index (χ1n) is 13.6. The molecule has 4 unspecified atom stereocenters. The fourth-order valence-electron chi connectivity index (χ4n) is 3.90. The molecule has 0 amide bonds. The largest absolute Gasteiger partial charge is 0.544 e. The number of hydrogen-bond donors (Lipinski definition) is 5. The number of carbonyl (C=O) groups excluding carboxylic acids is 1. The van der Waals surface area contributed by atoms with Crippen LogP contribution in [0.4, 0.5) is 5.95 Å². The first-order chi connectivity index (χ1) is 20.2. The van der Waals surface area contributed by atoms with Crippen molar-refractivity contribution < 1.29 is 43.5 Å². The number of benzene rings is 1. The molecular formula is C26H42N6O9P+. The number of anilines is 1. The lowest BCUT2D eigenvalue weighted by Gasteiger charge is -2.22. The first-order valence-corrected chi connectivity index (χ1v) is 15.2. The van der Waals surface area contributed by atoms with Gasteiger partial charge < -0.3 is 19.9 Å². The van der Waals surface area contributed by atoms with Gasteiger partial charge in [-0.1, -0.05) is 37.1 Å². The Hall–Kier alpha value is -3.17.